The van der Waals surface area contributed by atoms with Crippen molar-refractivity contribution in [3.05, 3.63) is 23.9 Å². The zero-order valence-electron chi connectivity index (χ0n) is 19.2. The normalized spacial score (nSPS) is 19.3. The van der Waals surface area contributed by atoms with E-state index in [4.69, 9.17) is 9.98 Å². The highest BCUT2D eigenvalue weighted by molar-refractivity contribution is 14.0. The Hall–Kier alpha value is -1.09. The Bertz CT molecular complexity index is 632. The maximum atomic E-state index is 9.55. The third-order valence-corrected chi connectivity index (χ3v) is 6.69. The molecule has 31 heavy (non-hydrogen) atoms. The molecular formula is C24H42IN5O. The third kappa shape index (κ3) is 8.40. The Balaban J connectivity index is 0.00000341. The van der Waals surface area contributed by atoms with Gasteiger partial charge in [0.05, 0.1) is 6.54 Å². The Labute approximate surface area is 205 Å². The van der Waals surface area contributed by atoms with Crippen molar-refractivity contribution in [3.63, 3.8) is 0 Å². The number of nitrogens with one attached hydrogen (secondary N) is 2. The largest absolute Gasteiger partial charge is 0.396 e. The van der Waals surface area contributed by atoms with Gasteiger partial charge in [-0.3, -0.25) is 0 Å². The van der Waals surface area contributed by atoms with Crippen molar-refractivity contribution >= 4 is 35.8 Å². The highest BCUT2D eigenvalue weighted by Crippen LogP contribution is 2.38. The summed E-state index contributed by atoms with van der Waals surface area (Å²) in [6.45, 7) is 6.94. The van der Waals surface area contributed by atoms with Crippen molar-refractivity contribution in [2.75, 3.05) is 37.7 Å². The van der Waals surface area contributed by atoms with E-state index in [-0.39, 0.29) is 36.0 Å². The topological polar surface area (TPSA) is 72.8 Å². The highest BCUT2D eigenvalue weighted by atomic mass is 127. The zero-order chi connectivity index (χ0) is 21.1. The number of pyridine rings is 1. The minimum atomic E-state index is 0. The summed E-state index contributed by atoms with van der Waals surface area (Å²) in [5.74, 6) is 1.95. The van der Waals surface area contributed by atoms with Crippen LogP contribution in [0.3, 0.4) is 0 Å². The Morgan fingerprint density at radius 3 is 2.39 bits per heavy atom. The van der Waals surface area contributed by atoms with Crippen LogP contribution in [0.25, 0.3) is 0 Å². The lowest BCUT2D eigenvalue weighted by Crippen LogP contribution is -2.44. The van der Waals surface area contributed by atoms with E-state index in [1.54, 1.807) is 0 Å². The van der Waals surface area contributed by atoms with Gasteiger partial charge in [0.25, 0.3) is 0 Å². The SMILES string of the molecule is CCNC(=NCc1ccc(N2CCCCCC2)nc1)NCC1(CCO)CCCCC1.I. The summed E-state index contributed by atoms with van der Waals surface area (Å²) in [6.07, 6.45) is 14.3. The van der Waals surface area contributed by atoms with E-state index < -0.39 is 0 Å². The molecular weight excluding hydrogens is 501 g/mol. The molecule has 7 heteroatoms. The molecule has 1 aromatic heterocycles. The quantitative estimate of drug-likeness (QED) is 0.257. The highest BCUT2D eigenvalue weighted by Gasteiger charge is 2.31. The number of nitrogens with zero attached hydrogens (tertiary/aromatic N) is 3. The second-order valence-corrected chi connectivity index (χ2v) is 9.01. The first-order valence-electron chi connectivity index (χ1n) is 12.1. The Kier molecular flexibility index (Phi) is 11.9. The van der Waals surface area contributed by atoms with Gasteiger partial charge in [-0.05, 0) is 56.1 Å². The van der Waals surface area contributed by atoms with Crippen LogP contribution in [0.15, 0.2) is 23.3 Å². The number of hydrogen-bond donors (Lipinski definition) is 3. The molecule has 1 saturated heterocycles. The van der Waals surface area contributed by atoms with Crippen LogP contribution in [0.5, 0.6) is 0 Å². The maximum absolute atomic E-state index is 9.55. The van der Waals surface area contributed by atoms with Gasteiger partial charge in [0.15, 0.2) is 5.96 Å². The monoisotopic (exact) mass is 543 g/mol. The average Bonchev–Trinajstić information content (AvgIpc) is 3.07. The molecule has 0 radical (unpaired) electrons. The number of guanidine groups is 1. The van der Waals surface area contributed by atoms with Crippen LogP contribution in [0.4, 0.5) is 5.82 Å². The van der Waals surface area contributed by atoms with Gasteiger partial charge >= 0.3 is 0 Å². The summed E-state index contributed by atoms with van der Waals surface area (Å²) in [5.41, 5.74) is 1.34. The molecule has 1 aliphatic heterocycles. The lowest BCUT2D eigenvalue weighted by molar-refractivity contribution is 0.131. The molecule has 1 aromatic rings. The number of rotatable bonds is 8. The van der Waals surface area contributed by atoms with Gasteiger partial charge in [-0.15, -0.1) is 24.0 Å². The number of aliphatic hydroxyl groups is 1. The van der Waals surface area contributed by atoms with Crippen LogP contribution < -0.4 is 15.5 Å². The summed E-state index contributed by atoms with van der Waals surface area (Å²) < 4.78 is 0. The summed E-state index contributed by atoms with van der Waals surface area (Å²) in [7, 11) is 0. The van der Waals surface area contributed by atoms with Gasteiger partial charge in [0.2, 0.25) is 0 Å². The first-order valence-corrected chi connectivity index (χ1v) is 12.1. The first kappa shape index (κ1) is 26.2. The van der Waals surface area contributed by atoms with Crippen LogP contribution in [-0.2, 0) is 6.54 Å². The summed E-state index contributed by atoms with van der Waals surface area (Å²) in [6, 6.07) is 4.31. The van der Waals surface area contributed by atoms with E-state index in [2.05, 4.69) is 34.6 Å². The molecule has 2 fully saturated rings. The lowest BCUT2D eigenvalue weighted by Gasteiger charge is -2.37. The molecule has 1 saturated carbocycles. The number of aliphatic hydroxyl groups excluding tert-OH is 1. The molecule has 0 amide bonds. The van der Waals surface area contributed by atoms with Crippen molar-refractivity contribution < 1.29 is 5.11 Å². The standard InChI is InChI=1S/C24H41N5O.HI/c1-2-25-23(28-20-24(14-17-30)12-6-5-7-13-24)27-19-21-10-11-22(26-18-21)29-15-8-3-4-9-16-29;/h10-11,18,30H,2-9,12-17,19-20H2,1H3,(H2,25,27,28);1H. The Morgan fingerprint density at radius 1 is 1.06 bits per heavy atom. The number of anilines is 1. The fraction of sp³-hybridized carbons (Fsp3) is 0.750. The van der Waals surface area contributed by atoms with Crippen LogP contribution in [0.1, 0.15) is 76.7 Å². The second-order valence-electron chi connectivity index (χ2n) is 9.01. The zero-order valence-corrected chi connectivity index (χ0v) is 21.6. The predicted octanol–water partition coefficient (Wildman–Crippen LogP) is 4.47. The fourth-order valence-electron chi connectivity index (χ4n) is 4.83. The molecule has 0 aromatic carbocycles. The van der Waals surface area contributed by atoms with Crippen LogP contribution in [0.2, 0.25) is 0 Å². The van der Waals surface area contributed by atoms with Crippen molar-refractivity contribution in [3.8, 4) is 0 Å². The molecule has 176 valence electrons. The second kappa shape index (κ2) is 14.1. The lowest BCUT2D eigenvalue weighted by atomic mass is 9.72. The average molecular weight is 544 g/mol. The van der Waals surface area contributed by atoms with Crippen molar-refractivity contribution in [2.45, 2.75) is 77.7 Å². The fourth-order valence-corrected chi connectivity index (χ4v) is 4.83. The van der Waals surface area contributed by atoms with E-state index in [9.17, 15) is 5.11 Å². The van der Waals surface area contributed by atoms with Crippen molar-refractivity contribution in [1.29, 1.82) is 0 Å². The molecule has 0 bridgehead atoms. The van der Waals surface area contributed by atoms with Gasteiger partial charge in [-0.1, -0.05) is 38.2 Å². The van der Waals surface area contributed by atoms with Crippen LogP contribution in [0, 0.1) is 5.41 Å². The summed E-state index contributed by atoms with van der Waals surface area (Å²) >= 11 is 0. The smallest absolute Gasteiger partial charge is 0.191 e. The van der Waals surface area contributed by atoms with Gasteiger partial charge in [0, 0.05) is 39.0 Å². The molecule has 0 unspecified atom stereocenters. The molecule has 3 rings (SSSR count). The number of hydrogen-bond acceptors (Lipinski definition) is 4. The van der Waals surface area contributed by atoms with E-state index in [0.29, 0.717) is 6.54 Å². The molecule has 6 nitrogen and oxygen atoms in total. The van der Waals surface area contributed by atoms with E-state index in [1.165, 1.54) is 57.8 Å². The summed E-state index contributed by atoms with van der Waals surface area (Å²) in [4.78, 5) is 11.9. The van der Waals surface area contributed by atoms with Gasteiger partial charge < -0.3 is 20.6 Å². The molecule has 3 N–H and O–H groups in total. The van der Waals surface area contributed by atoms with Crippen LogP contribution in [-0.4, -0.2) is 48.8 Å². The maximum Gasteiger partial charge on any atom is 0.191 e. The summed E-state index contributed by atoms with van der Waals surface area (Å²) in [5, 5.41) is 16.5. The number of aromatic nitrogens is 1. The van der Waals surface area contributed by atoms with Crippen LogP contribution >= 0.6 is 24.0 Å². The van der Waals surface area contributed by atoms with Gasteiger partial charge in [-0.2, -0.15) is 0 Å². The van der Waals surface area contributed by atoms with Crippen molar-refractivity contribution in [2.24, 2.45) is 10.4 Å². The minimum Gasteiger partial charge on any atom is -0.396 e. The number of aliphatic imine (C=N–C) groups is 1. The van der Waals surface area contributed by atoms with Gasteiger partial charge in [-0.25, -0.2) is 9.98 Å². The van der Waals surface area contributed by atoms with Crippen molar-refractivity contribution in [1.82, 2.24) is 15.6 Å². The molecule has 1 aliphatic carbocycles. The molecule has 0 spiro atoms. The Morgan fingerprint density at radius 2 is 1.77 bits per heavy atom. The molecule has 2 heterocycles. The molecule has 0 atom stereocenters. The van der Waals surface area contributed by atoms with E-state index in [0.717, 1.165) is 49.9 Å². The predicted molar refractivity (Wildman–Crippen MR) is 140 cm³/mol. The first-order chi connectivity index (χ1) is 14.7. The van der Waals surface area contributed by atoms with E-state index in [1.807, 2.05) is 6.20 Å². The van der Waals surface area contributed by atoms with E-state index >= 15 is 0 Å². The number of halogens is 1. The minimum absolute atomic E-state index is 0. The third-order valence-electron chi connectivity index (χ3n) is 6.69. The molecule has 2 aliphatic rings. The van der Waals surface area contributed by atoms with Gasteiger partial charge in [0.1, 0.15) is 5.82 Å².